The van der Waals surface area contributed by atoms with Gasteiger partial charge in [-0.15, -0.1) is 0 Å². The van der Waals surface area contributed by atoms with Crippen LogP contribution in [-0.2, 0) is 0 Å². The number of nitrogens with zero attached hydrogens (tertiary/aromatic N) is 1. The monoisotopic (exact) mass is 385 g/mol. The molecule has 0 aliphatic heterocycles. The third-order valence-corrected chi connectivity index (χ3v) is 5.70. The summed E-state index contributed by atoms with van der Waals surface area (Å²) in [6.07, 6.45) is 0. The number of hydrogen-bond donors (Lipinski definition) is 0. The van der Waals surface area contributed by atoms with Gasteiger partial charge in [-0.1, -0.05) is 97.1 Å². The predicted octanol–water partition coefficient (Wildman–Crippen LogP) is 7.94. The predicted molar refractivity (Wildman–Crippen MR) is 129 cm³/mol. The molecule has 5 aromatic carbocycles. The number of rotatable bonds is 4. The lowest BCUT2D eigenvalue weighted by atomic mass is 10.00. The Labute approximate surface area is 177 Å². The van der Waals surface area contributed by atoms with Crippen molar-refractivity contribution in [3.8, 4) is 22.3 Å². The molecule has 0 radical (unpaired) electrons. The van der Waals surface area contributed by atoms with Crippen LogP contribution in [0.5, 0.6) is 0 Å². The van der Waals surface area contributed by atoms with Crippen LogP contribution in [0.1, 0.15) is 0 Å². The van der Waals surface area contributed by atoms with Crippen LogP contribution in [0.4, 0.5) is 11.4 Å². The summed E-state index contributed by atoms with van der Waals surface area (Å²) in [6, 6.07) is 43.1. The molecule has 0 unspecified atom stereocenters. The Morgan fingerprint density at radius 1 is 0.400 bits per heavy atom. The SMILES string of the molecule is CN(c1ccc(-c2ccc(-c3ccccc3)cc2)cc1)c1ccc2ccccc2c1. The van der Waals surface area contributed by atoms with Crippen molar-refractivity contribution in [2.45, 2.75) is 0 Å². The van der Waals surface area contributed by atoms with Crippen LogP contribution in [0.2, 0.25) is 0 Å². The zero-order valence-corrected chi connectivity index (χ0v) is 17.0. The van der Waals surface area contributed by atoms with Gasteiger partial charge in [-0.2, -0.15) is 0 Å². The van der Waals surface area contributed by atoms with Gasteiger partial charge in [-0.05, 0) is 57.3 Å². The second-order valence-electron chi connectivity index (χ2n) is 7.58. The first-order chi connectivity index (χ1) is 14.8. The summed E-state index contributed by atoms with van der Waals surface area (Å²) in [7, 11) is 2.12. The molecule has 0 heterocycles. The molecule has 0 aliphatic carbocycles. The van der Waals surface area contributed by atoms with Crippen molar-refractivity contribution in [3.05, 3.63) is 121 Å². The number of fused-ring (bicyclic) bond motifs is 1. The van der Waals surface area contributed by atoms with Crippen molar-refractivity contribution in [3.63, 3.8) is 0 Å². The summed E-state index contributed by atoms with van der Waals surface area (Å²) in [5, 5.41) is 2.53. The van der Waals surface area contributed by atoms with E-state index in [9.17, 15) is 0 Å². The summed E-state index contributed by atoms with van der Waals surface area (Å²) in [5.41, 5.74) is 7.31. The molecule has 0 fully saturated rings. The Balaban J connectivity index is 1.38. The van der Waals surface area contributed by atoms with Crippen LogP contribution in [0, 0.1) is 0 Å². The number of anilines is 2. The average molecular weight is 386 g/mol. The Kier molecular flexibility index (Phi) is 4.78. The fraction of sp³-hybridized carbons (Fsp3) is 0.0345. The van der Waals surface area contributed by atoms with Crippen molar-refractivity contribution in [2.75, 3.05) is 11.9 Å². The minimum atomic E-state index is 1.18. The molecule has 0 N–H and O–H groups in total. The van der Waals surface area contributed by atoms with E-state index in [1.165, 1.54) is 44.4 Å². The molecule has 144 valence electrons. The number of hydrogen-bond acceptors (Lipinski definition) is 1. The maximum absolute atomic E-state index is 2.24. The molecular formula is C29H23N. The maximum atomic E-state index is 2.24. The molecule has 0 atom stereocenters. The molecule has 0 aliphatic rings. The van der Waals surface area contributed by atoms with E-state index in [0.717, 1.165) is 0 Å². The van der Waals surface area contributed by atoms with Gasteiger partial charge in [0.2, 0.25) is 0 Å². The van der Waals surface area contributed by atoms with Crippen LogP contribution in [0.25, 0.3) is 33.0 Å². The number of benzene rings is 5. The molecule has 0 spiro atoms. The highest BCUT2D eigenvalue weighted by Crippen LogP contribution is 2.30. The molecule has 0 saturated heterocycles. The van der Waals surface area contributed by atoms with Crippen LogP contribution >= 0.6 is 0 Å². The molecule has 1 nitrogen and oxygen atoms in total. The summed E-state index contributed by atoms with van der Waals surface area (Å²) in [4.78, 5) is 2.23. The molecular weight excluding hydrogens is 362 g/mol. The minimum Gasteiger partial charge on any atom is -0.345 e. The third kappa shape index (κ3) is 3.58. The van der Waals surface area contributed by atoms with Crippen LogP contribution in [0.3, 0.4) is 0 Å². The van der Waals surface area contributed by atoms with Gasteiger partial charge in [0, 0.05) is 18.4 Å². The normalized spacial score (nSPS) is 10.8. The lowest BCUT2D eigenvalue weighted by Gasteiger charge is -2.20. The van der Waals surface area contributed by atoms with Crippen LogP contribution in [0.15, 0.2) is 121 Å². The fourth-order valence-electron chi connectivity index (χ4n) is 3.90. The second-order valence-corrected chi connectivity index (χ2v) is 7.58. The molecule has 5 aromatic rings. The lowest BCUT2D eigenvalue weighted by molar-refractivity contribution is 1.21. The van der Waals surface area contributed by atoms with Crippen molar-refractivity contribution in [2.24, 2.45) is 0 Å². The van der Waals surface area contributed by atoms with Gasteiger partial charge in [0.15, 0.2) is 0 Å². The van der Waals surface area contributed by atoms with Gasteiger partial charge < -0.3 is 4.90 Å². The highest BCUT2D eigenvalue weighted by Gasteiger charge is 2.06. The molecule has 0 amide bonds. The van der Waals surface area contributed by atoms with Crippen molar-refractivity contribution >= 4 is 22.1 Å². The standard InChI is InChI=1S/C29H23N/c1-30(29-20-17-23-9-5-6-10-27(23)21-29)28-18-15-26(16-19-28)25-13-11-24(12-14-25)22-7-3-2-4-8-22/h2-21H,1H3. The summed E-state index contributed by atoms with van der Waals surface area (Å²) in [5.74, 6) is 0. The molecule has 1 heteroatoms. The molecule has 0 aromatic heterocycles. The van der Waals surface area contributed by atoms with E-state index in [0.29, 0.717) is 0 Å². The topological polar surface area (TPSA) is 3.24 Å². The largest absolute Gasteiger partial charge is 0.345 e. The first-order valence-corrected chi connectivity index (χ1v) is 10.3. The zero-order valence-electron chi connectivity index (χ0n) is 17.0. The Bertz CT molecular complexity index is 1270. The van der Waals surface area contributed by atoms with Gasteiger partial charge in [0.25, 0.3) is 0 Å². The Hall–Kier alpha value is -3.84. The maximum Gasteiger partial charge on any atom is 0.0414 e. The second kappa shape index (κ2) is 7.88. The molecule has 5 rings (SSSR count). The summed E-state index contributed by atoms with van der Waals surface area (Å²) in [6.45, 7) is 0. The third-order valence-electron chi connectivity index (χ3n) is 5.70. The Morgan fingerprint density at radius 2 is 0.867 bits per heavy atom. The summed E-state index contributed by atoms with van der Waals surface area (Å²) < 4.78 is 0. The average Bonchev–Trinajstić information content (AvgIpc) is 2.84. The van der Waals surface area contributed by atoms with Gasteiger partial charge >= 0.3 is 0 Å². The van der Waals surface area contributed by atoms with Crippen molar-refractivity contribution in [1.29, 1.82) is 0 Å². The first-order valence-electron chi connectivity index (χ1n) is 10.3. The molecule has 0 saturated carbocycles. The highest BCUT2D eigenvalue weighted by atomic mass is 15.1. The van der Waals surface area contributed by atoms with Crippen LogP contribution < -0.4 is 4.90 Å². The smallest absolute Gasteiger partial charge is 0.0414 e. The van der Waals surface area contributed by atoms with Crippen molar-refractivity contribution < 1.29 is 0 Å². The Morgan fingerprint density at radius 3 is 1.50 bits per heavy atom. The van der Waals surface area contributed by atoms with Gasteiger partial charge in [0.1, 0.15) is 0 Å². The van der Waals surface area contributed by atoms with Gasteiger partial charge in [-0.25, -0.2) is 0 Å². The van der Waals surface area contributed by atoms with E-state index in [4.69, 9.17) is 0 Å². The lowest BCUT2D eigenvalue weighted by Crippen LogP contribution is -2.09. The van der Waals surface area contributed by atoms with Crippen LogP contribution in [-0.4, -0.2) is 7.05 Å². The zero-order chi connectivity index (χ0) is 20.3. The minimum absolute atomic E-state index is 1.18. The van der Waals surface area contributed by atoms with E-state index in [1.54, 1.807) is 0 Å². The van der Waals surface area contributed by atoms with Gasteiger partial charge in [-0.3, -0.25) is 0 Å². The van der Waals surface area contributed by atoms with Gasteiger partial charge in [0.05, 0.1) is 0 Å². The molecule has 30 heavy (non-hydrogen) atoms. The van der Waals surface area contributed by atoms with E-state index in [1.807, 2.05) is 6.07 Å². The van der Waals surface area contributed by atoms with E-state index < -0.39 is 0 Å². The molecule has 0 bridgehead atoms. The fourth-order valence-corrected chi connectivity index (χ4v) is 3.90. The van der Waals surface area contributed by atoms with E-state index in [2.05, 4.69) is 127 Å². The quantitative estimate of drug-likeness (QED) is 0.303. The van der Waals surface area contributed by atoms with E-state index >= 15 is 0 Å². The highest BCUT2D eigenvalue weighted by molar-refractivity contribution is 5.87. The summed E-state index contributed by atoms with van der Waals surface area (Å²) >= 11 is 0. The first kappa shape index (κ1) is 18.2. The van der Waals surface area contributed by atoms with Crippen molar-refractivity contribution in [1.82, 2.24) is 0 Å². The van der Waals surface area contributed by atoms with E-state index in [-0.39, 0.29) is 0 Å².